The fourth-order valence-corrected chi connectivity index (χ4v) is 6.22. The van der Waals surface area contributed by atoms with E-state index in [1.807, 2.05) is 29.7 Å². The van der Waals surface area contributed by atoms with E-state index in [0.717, 1.165) is 24.0 Å². The zero-order valence-electron chi connectivity index (χ0n) is 22.7. The van der Waals surface area contributed by atoms with Gasteiger partial charge in [0.05, 0.1) is 41.3 Å². The topological polar surface area (TPSA) is 127 Å². The van der Waals surface area contributed by atoms with Crippen LogP contribution in [0.2, 0.25) is 0 Å². The highest BCUT2D eigenvalue weighted by atomic mass is 16.5. The first-order valence-electron chi connectivity index (χ1n) is 14.1. The third kappa shape index (κ3) is 4.34. The van der Waals surface area contributed by atoms with Gasteiger partial charge in [-0.05, 0) is 49.6 Å². The summed E-state index contributed by atoms with van der Waals surface area (Å²) in [5.41, 5.74) is 3.09. The molecule has 210 valence electrons. The molecule has 41 heavy (non-hydrogen) atoms. The van der Waals surface area contributed by atoms with Gasteiger partial charge in [-0.2, -0.15) is 5.10 Å². The van der Waals surface area contributed by atoms with Crippen molar-refractivity contribution in [1.82, 2.24) is 19.7 Å². The van der Waals surface area contributed by atoms with Gasteiger partial charge in [0.2, 0.25) is 0 Å². The van der Waals surface area contributed by atoms with Gasteiger partial charge in [0.1, 0.15) is 17.1 Å². The van der Waals surface area contributed by atoms with Gasteiger partial charge >= 0.3 is 5.97 Å². The fraction of sp³-hybridized carbons (Fsp3) is 0.355. The van der Waals surface area contributed by atoms with Gasteiger partial charge in [-0.3, -0.25) is 14.7 Å². The van der Waals surface area contributed by atoms with Crippen molar-refractivity contribution in [1.29, 1.82) is 0 Å². The maximum atomic E-state index is 13.8. The maximum absolute atomic E-state index is 13.8. The van der Waals surface area contributed by atoms with E-state index >= 15 is 0 Å². The van der Waals surface area contributed by atoms with Crippen LogP contribution in [0.4, 0.5) is 0 Å². The van der Waals surface area contributed by atoms with Gasteiger partial charge < -0.3 is 24.0 Å². The lowest BCUT2D eigenvalue weighted by Gasteiger charge is -2.44. The van der Waals surface area contributed by atoms with Gasteiger partial charge in [-0.25, -0.2) is 4.79 Å². The van der Waals surface area contributed by atoms with Crippen molar-refractivity contribution in [2.45, 2.75) is 50.7 Å². The minimum atomic E-state index is -1.02. The molecule has 1 aliphatic carbocycles. The SMILES string of the molecule is CCOc1cc(C(=O)N2CCC3(CC2)CC(=O)c2cc(-c4cn[nH]c4)ccc2O3)cc2c1c(C(=O)O)cn2C1CC1. The summed E-state index contributed by atoms with van der Waals surface area (Å²) in [6, 6.07) is 9.32. The van der Waals surface area contributed by atoms with Crippen LogP contribution in [0.25, 0.3) is 22.0 Å². The number of ketones is 1. The van der Waals surface area contributed by atoms with Crippen molar-refractivity contribution in [2.24, 2.45) is 0 Å². The van der Waals surface area contributed by atoms with Crippen molar-refractivity contribution in [3.63, 3.8) is 0 Å². The summed E-state index contributed by atoms with van der Waals surface area (Å²) in [7, 11) is 0. The van der Waals surface area contributed by atoms with Crippen LogP contribution >= 0.6 is 0 Å². The largest absolute Gasteiger partial charge is 0.493 e. The molecular weight excluding hydrogens is 524 g/mol. The van der Waals surface area contributed by atoms with Crippen molar-refractivity contribution in [2.75, 3.05) is 19.7 Å². The fourth-order valence-electron chi connectivity index (χ4n) is 6.22. The van der Waals surface area contributed by atoms with Crippen molar-refractivity contribution in [3.05, 3.63) is 65.6 Å². The van der Waals surface area contributed by atoms with Crippen LogP contribution < -0.4 is 9.47 Å². The summed E-state index contributed by atoms with van der Waals surface area (Å²) in [5, 5.41) is 17.2. The Kier molecular flexibility index (Phi) is 5.88. The average molecular weight is 555 g/mol. The predicted octanol–water partition coefficient (Wildman–Crippen LogP) is 5.10. The number of nitrogens with zero attached hydrogens (tertiary/aromatic N) is 3. The Balaban J connectivity index is 1.13. The number of nitrogens with one attached hydrogen (secondary N) is 1. The summed E-state index contributed by atoms with van der Waals surface area (Å²) in [5.74, 6) is -0.132. The number of carbonyl (C=O) groups is 3. The molecule has 0 bridgehead atoms. The van der Waals surface area contributed by atoms with E-state index in [1.54, 1.807) is 35.6 Å². The second-order valence-electron chi connectivity index (χ2n) is 11.2. The summed E-state index contributed by atoms with van der Waals surface area (Å²) >= 11 is 0. The van der Waals surface area contributed by atoms with Crippen LogP contribution in [-0.2, 0) is 0 Å². The quantitative estimate of drug-likeness (QED) is 0.339. The van der Waals surface area contributed by atoms with Crippen LogP contribution in [0.15, 0.2) is 48.9 Å². The minimum absolute atomic E-state index is 0.0400. The molecule has 2 fully saturated rings. The maximum Gasteiger partial charge on any atom is 0.338 e. The van der Waals surface area contributed by atoms with Crippen LogP contribution in [0.1, 0.15) is 76.1 Å². The summed E-state index contributed by atoms with van der Waals surface area (Å²) in [6.07, 6.45) is 8.47. The molecule has 10 heteroatoms. The number of hydrogen-bond donors (Lipinski definition) is 2. The van der Waals surface area contributed by atoms with E-state index in [0.29, 0.717) is 66.1 Å². The van der Waals surface area contributed by atoms with Crippen LogP contribution in [0.5, 0.6) is 11.5 Å². The van der Waals surface area contributed by atoms with Gasteiger partial charge in [0, 0.05) is 55.5 Å². The Morgan fingerprint density at radius 3 is 2.66 bits per heavy atom. The van der Waals surface area contributed by atoms with Crippen LogP contribution in [0.3, 0.4) is 0 Å². The molecule has 4 heterocycles. The standard InChI is InChI=1S/C31H30N4O6/c1-2-40-27-13-19(12-24-28(27)23(30(38)39)17-35(24)21-4-5-21)29(37)34-9-7-31(8-10-34)14-25(36)22-11-18(3-6-26(22)41-31)20-15-32-33-16-20/h3,6,11-13,15-17,21H,2,4-5,7-10,14H2,1H3,(H,32,33)(H,38,39). The molecule has 0 atom stereocenters. The summed E-state index contributed by atoms with van der Waals surface area (Å²) in [4.78, 5) is 40.8. The molecule has 1 saturated carbocycles. The predicted molar refractivity (Wildman–Crippen MR) is 150 cm³/mol. The molecule has 4 aromatic rings. The molecule has 2 aromatic heterocycles. The first-order chi connectivity index (χ1) is 19.9. The Hall–Kier alpha value is -4.60. The lowest BCUT2D eigenvalue weighted by Crippen LogP contribution is -2.52. The number of ether oxygens (including phenoxy) is 2. The van der Waals surface area contributed by atoms with Crippen molar-refractivity contribution >= 4 is 28.6 Å². The van der Waals surface area contributed by atoms with E-state index < -0.39 is 11.6 Å². The van der Waals surface area contributed by atoms with Crippen molar-refractivity contribution < 1.29 is 29.0 Å². The number of H-pyrrole nitrogens is 1. The Bertz CT molecular complexity index is 1690. The molecule has 7 rings (SSSR count). The van der Waals surface area contributed by atoms with E-state index in [2.05, 4.69) is 10.2 Å². The minimum Gasteiger partial charge on any atom is -0.493 e. The third-order valence-electron chi connectivity index (χ3n) is 8.50. The number of rotatable bonds is 6. The lowest BCUT2D eigenvalue weighted by atomic mass is 9.82. The number of aromatic carboxylic acids is 1. The summed E-state index contributed by atoms with van der Waals surface area (Å²) < 4.78 is 14.3. The number of carbonyl (C=O) groups excluding carboxylic acids is 2. The molecule has 0 radical (unpaired) electrons. The number of hydrogen-bond acceptors (Lipinski definition) is 6. The van der Waals surface area contributed by atoms with E-state index in [4.69, 9.17) is 9.47 Å². The molecular formula is C31H30N4O6. The lowest BCUT2D eigenvalue weighted by molar-refractivity contribution is -0.00572. The van der Waals surface area contributed by atoms with E-state index in [1.165, 1.54) is 0 Å². The first kappa shape index (κ1) is 25.4. The molecule has 0 unspecified atom stereocenters. The molecule has 1 saturated heterocycles. The Morgan fingerprint density at radius 1 is 1.17 bits per heavy atom. The van der Waals surface area contributed by atoms with Crippen LogP contribution in [-0.4, -0.2) is 67.7 Å². The number of aromatic amines is 1. The zero-order chi connectivity index (χ0) is 28.3. The average Bonchev–Trinajstić information content (AvgIpc) is 3.50. The molecule has 2 N–H and O–H groups in total. The number of fused-ring (bicyclic) bond motifs is 2. The molecule has 10 nitrogen and oxygen atoms in total. The number of benzene rings is 2. The van der Waals surface area contributed by atoms with E-state index in [9.17, 15) is 19.5 Å². The number of amides is 1. The number of piperidine rings is 1. The normalized spacial score (nSPS) is 17.9. The highest BCUT2D eigenvalue weighted by Crippen LogP contribution is 2.43. The zero-order valence-corrected chi connectivity index (χ0v) is 22.7. The highest BCUT2D eigenvalue weighted by molar-refractivity contribution is 6.09. The van der Waals surface area contributed by atoms with Gasteiger partial charge in [0.25, 0.3) is 5.91 Å². The van der Waals surface area contributed by atoms with Gasteiger partial charge in [-0.1, -0.05) is 6.07 Å². The monoisotopic (exact) mass is 554 g/mol. The second-order valence-corrected chi connectivity index (χ2v) is 11.2. The first-order valence-corrected chi connectivity index (χ1v) is 14.1. The molecule has 1 amide bonds. The number of Topliss-reactive ketones (excluding diaryl/α,β-unsaturated/α-hetero) is 1. The second kappa shape index (κ2) is 9.50. The molecule has 1 spiro atoms. The number of carboxylic acid groups (broad SMARTS) is 1. The third-order valence-corrected chi connectivity index (χ3v) is 8.50. The Labute approximate surface area is 235 Å². The van der Waals surface area contributed by atoms with Crippen LogP contribution in [0, 0.1) is 0 Å². The number of carboxylic acids is 1. The van der Waals surface area contributed by atoms with E-state index in [-0.39, 0.29) is 29.7 Å². The Morgan fingerprint density at radius 2 is 1.98 bits per heavy atom. The van der Waals surface area contributed by atoms with Crippen molar-refractivity contribution in [3.8, 4) is 22.6 Å². The number of likely N-dealkylation sites (tertiary alicyclic amines) is 1. The van der Waals surface area contributed by atoms with Gasteiger partial charge in [0.15, 0.2) is 5.78 Å². The van der Waals surface area contributed by atoms with Gasteiger partial charge in [-0.15, -0.1) is 0 Å². The number of aromatic nitrogens is 3. The smallest absolute Gasteiger partial charge is 0.338 e. The molecule has 2 aliphatic heterocycles. The highest BCUT2D eigenvalue weighted by Gasteiger charge is 2.44. The molecule has 3 aliphatic rings. The summed E-state index contributed by atoms with van der Waals surface area (Å²) in [6.45, 7) is 3.08. The molecule has 2 aromatic carbocycles.